The van der Waals surface area contributed by atoms with Crippen molar-refractivity contribution >= 4 is 22.9 Å². The Bertz CT molecular complexity index is 747. The van der Waals surface area contributed by atoms with Crippen LogP contribution in [0.1, 0.15) is 26.5 Å². The number of thiophene rings is 1. The Labute approximate surface area is 126 Å². The monoisotopic (exact) mass is 296 g/mol. The average Bonchev–Trinajstić information content (AvgIpc) is 2.97. The molecule has 1 aromatic carbocycles. The fourth-order valence-electron chi connectivity index (χ4n) is 1.61. The number of nitrogens with one attached hydrogen (secondary N) is 1. The average molecular weight is 296 g/mol. The van der Waals surface area contributed by atoms with Crippen LogP contribution in [0.3, 0.4) is 0 Å². The van der Waals surface area contributed by atoms with Gasteiger partial charge in [-0.2, -0.15) is 5.26 Å². The first-order chi connectivity index (χ1) is 10.2. The minimum Gasteiger partial charge on any atom is -0.395 e. The molecule has 4 nitrogen and oxygen atoms in total. The van der Waals surface area contributed by atoms with E-state index in [1.54, 1.807) is 36.4 Å². The molecule has 0 spiro atoms. The number of anilines is 1. The van der Waals surface area contributed by atoms with Crippen LogP contribution in [0.4, 0.5) is 5.69 Å². The van der Waals surface area contributed by atoms with E-state index < -0.39 is 0 Å². The van der Waals surface area contributed by atoms with Crippen LogP contribution < -0.4 is 5.32 Å². The topological polar surface area (TPSA) is 73.1 Å². The number of hydrogen-bond donors (Lipinski definition) is 2. The van der Waals surface area contributed by atoms with Gasteiger partial charge in [0.2, 0.25) is 0 Å². The van der Waals surface area contributed by atoms with Crippen LogP contribution >= 0.6 is 11.3 Å². The third kappa shape index (κ3) is 3.93. The molecule has 5 heteroatoms. The first-order valence-electron chi connectivity index (χ1n) is 6.24. The Kier molecular flexibility index (Phi) is 5.11. The summed E-state index contributed by atoms with van der Waals surface area (Å²) in [5.74, 6) is 5.42. The number of benzene rings is 1. The molecular weight excluding hydrogens is 284 g/mol. The maximum atomic E-state index is 12.1. The highest BCUT2D eigenvalue weighted by Crippen LogP contribution is 2.19. The van der Waals surface area contributed by atoms with Crippen molar-refractivity contribution in [1.82, 2.24) is 0 Å². The van der Waals surface area contributed by atoms with E-state index in [4.69, 9.17) is 10.4 Å². The molecule has 0 aliphatic heterocycles. The summed E-state index contributed by atoms with van der Waals surface area (Å²) in [4.78, 5) is 13.4. The molecule has 21 heavy (non-hydrogen) atoms. The van der Waals surface area contributed by atoms with Crippen LogP contribution in [0.15, 0.2) is 36.4 Å². The van der Waals surface area contributed by atoms with Gasteiger partial charge in [0.1, 0.15) is 6.07 Å². The van der Waals surface area contributed by atoms with E-state index in [-0.39, 0.29) is 12.5 Å². The summed E-state index contributed by atoms with van der Waals surface area (Å²) in [5.41, 5.74) is 0.914. The van der Waals surface area contributed by atoms with Crippen molar-refractivity contribution in [2.75, 3.05) is 11.9 Å². The van der Waals surface area contributed by atoms with Crippen LogP contribution in [0.2, 0.25) is 0 Å². The van der Waals surface area contributed by atoms with E-state index in [9.17, 15) is 4.79 Å². The van der Waals surface area contributed by atoms with E-state index in [1.165, 1.54) is 11.3 Å². The van der Waals surface area contributed by atoms with Crippen molar-refractivity contribution in [2.45, 2.75) is 6.42 Å². The Balaban J connectivity index is 2.11. The van der Waals surface area contributed by atoms with Gasteiger partial charge in [-0.3, -0.25) is 4.79 Å². The Morgan fingerprint density at radius 1 is 1.29 bits per heavy atom. The van der Waals surface area contributed by atoms with Crippen LogP contribution in [0.25, 0.3) is 0 Å². The summed E-state index contributed by atoms with van der Waals surface area (Å²) >= 11 is 1.27. The Morgan fingerprint density at radius 3 is 2.86 bits per heavy atom. The lowest BCUT2D eigenvalue weighted by Crippen LogP contribution is -2.11. The second-order valence-electron chi connectivity index (χ2n) is 4.05. The molecule has 1 heterocycles. The minimum absolute atomic E-state index is 0.0245. The highest BCUT2D eigenvalue weighted by Gasteiger charge is 2.10. The number of carbonyl (C=O) groups excluding carboxylic acids is 1. The summed E-state index contributed by atoms with van der Waals surface area (Å²) in [7, 11) is 0. The number of aliphatic hydroxyl groups is 1. The first-order valence-corrected chi connectivity index (χ1v) is 7.06. The van der Waals surface area contributed by atoms with Crippen molar-refractivity contribution in [2.24, 2.45) is 0 Å². The van der Waals surface area contributed by atoms with Gasteiger partial charge in [-0.25, -0.2) is 0 Å². The van der Waals surface area contributed by atoms with Gasteiger partial charge in [-0.1, -0.05) is 24.0 Å². The van der Waals surface area contributed by atoms with Crippen LogP contribution in [0.5, 0.6) is 0 Å². The van der Waals surface area contributed by atoms with E-state index in [1.807, 2.05) is 6.07 Å². The predicted octanol–water partition coefficient (Wildman–Crippen LogP) is 2.61. The molecule has 0 fully saturated rings. The van der Waals surface area contributed by atoms with E-state index in [2.05, 4.69) is 17.2 Å². The third-order valence-corrected chi connectivity index (χ3v) is 3.57. The number of carbonyl (C=O) groups is 1. The number of nitrogens with zero attached hydrogens (tertiary/aromatic N) is 1. The first kappa shape index (κ1) is 14.8. The van der Waals surface area contributed by atoms with Crippen LogP contribution in [-0.4, -0.2) is 17.6 Å². The molecule has 1 amide bonds. The summed E-state index contributed by atoms with van der Waals surface area (Å²) in [5, 5.41) is 20.4. The number of amides is 1. The summed E-state index contributed by atoms with van der Waals surface area (Å²) in [6.45, 7) is 0.0245. The highest BCUT2D eigenvalue weighted by molar-refractivity contribution is 7.14. The van der Waals surface area contributed by atoms with Crippen molar-refractivity contribution < 1.29 is 9.90 Å². The summed E-state index contributed by atoms with van der Waals surface area (Å²) in [6, 6.07) is 12.3. The molecule has 0 bridgehead atoms. The molecule has 0 aliphatic carbocycles. The van der Waals surface area contributed by atoms with E-state index in [0.29, 0.717) is 22.5 Å². The molecule has 0 radical (unpaired) electrons. The lowest BCUT2D eigenvalue weighted by molar-refractivity contribution is 0.103. The second kappa shape index (κ2) is 7.25. The number of hydrogen-bond acceptors (Lipinski definition) is 4. The van der Waals surface area contributed by atoms with Gasteiger partial charge in [0, 0.05) is 6.42 Å². The van der Waals surface area contributed by atoms with Crippen molar-refractivity contribution in [3.63, 3.8) is 0 Å². The van der Waals surface area contributed by atoms with Crippen molar-refractivity contribution in [3.05, 3.63) is 51.7 Å². The quantitative estimate of drug-likeness (QED) is 0.855. The molecule has 0 aliphatic rings. The van der Waals surface area contributed by atoms with E-state index in [0.717, 1.165) is 4.88 Å². The standard InChI is InChI=1S/C16H12N2O2S/c17-11-12-5-1-2-7-14(12)18-16(20)15-9-8-13(21-15)6-3-4-10-19/h1-2,5,7-9,19H,4,10H2,(H,18,20). The predicted molar refractivity (Wildman–Crippen MR) is 82.0 cm³/mol. The van der Waals surface area contributed by atoms with Crippen LogP contribution in [0, 0.1) is 23.2 Å². The van der Waals surface area contributed by atoms with Gasteiger partial charge < -0.3 is 10.4 Å². The highest BCUT2D eigenvalue weighted by atomic mass is 32.1. The Morgan fingerprint density at radius 2 is 2.10 bits per heavy atom. The zero-order valence-corrected chi connectivity index (χ0v) is 11.9. The second-order valence-corrected chi connectivity index (χ2v) is 5.13. The number of nitriles is 1. The van der Waals surface area contributed by atoms with Gasteiger partial charge >= 0.3 is 0 Å². The van der Waals surface area contributed by atoms with Crippen LogP contribution in [-0.2, 0) is 0 Å². The van der Waals surface area contributed by atoms with Gasteiger partial charge in [-0.15, -0.1) is 11.3 Å². The third-order valence-electron chi connectivity index (χ3n) is 2.57. The fourth-order valence-corrected chi connectivity index (χ4v) is 2.38. The number of rotatable bonds is 3. The van der Waals surface area contributed by atoms with Gasteiger partial charge in [-0.05, 0) is 24.3 Å². The molecule has 0 saturated heterocycles. The van der Waals surface area contributed by atoms with Gasteiger partial charge in [0.05, 0.1) is 27.6 Å². The lowest BCUT2D eigenvalue weighted by Gasteiger charge is -2.04. The molecular formula is C16H12N2O2S. The molecule has 2 N–H and O–H groups in total. The van der Waals surface area contributed by atoms with E-state index >= 15 is 0 Å². The smallest absolute Gasteiger partial charge is 0.265 e. The van der Waals surface area contributed by atoms with Crippen molar-refractivity contribution in [1.29, 1.82) is 5.26 Å². The summed E-state index contributed by atoms with van der Waals surface area (Å²) in [6.07, 6.45) is 0.412. The van der Waals surface area contributed by atoms with Gasteiger partial charge in [0.15, 0.2) is 0 Å². The lowest BCUT2D eigenvalue weighted by atomic mass is 10.2. The number of para-hydroxylation sites is 1. The molecule has 0 atom stereocenters. The summed E-state index contributed by atoms with van der Waals surface area (Å²) < 4.78 is 0. The van der Waals surface area contributed by atoms with Gasteiger partial charge in [0.25, 0.3) is 5.91 Å². The molecule has 2 rings (SSSR count). The molecule has 0 unspecified atom stereocenters. The van der Waals surface area contributed by atoms with Crippen molar-refractivity contribution in [3.8, 4) is 17.9 Å². The maximum Gasteiger partial charge on any atom is 0.265 e. The molecule has 104 valence electrons. The molecule has 2 aromatic rings. The number of aliphatic hydroxyl groups excluding tert-OH is 1. The molecule has 1 aromatic heterocycles. The zero-order chi connectivity index (χ0) is 15.1. The molecule has 0 saturated carbocycles. The SMILES string of the molecule is N#Cc1ccccc1NC(=O)c1ccc(C#CCCO)s1. The Hall–Kier alpha value is -2.60. The largest absolute Gasteiger partial charge is 0.395 e. The maximum absolute atomic E-state index is 12.1. The fraction of sp³-hybridized carbons (Fsp3) is 0.125. The minimum atomic E-state index is -0.266. The zero-order valence-electron chi connectivity index (χ0n) is 11.1. The normalized spacial score (nSPS) is 9.33.